The number of hydrogen-bond acceptors (Lipinski definition) is 2. The maximum atomic E-state index is 11.1. The zero-order valence-electron chi connectivity index (χ0n) is 7.28. The Hall–Kier alpha value is -0.778. The van der Waals surface area contributed by atoms with E-state index in [1.807, 2.05) is 30.3 Å². The van der Waals surface area contributed by atoms with Crippen molar-refractivity contribution in [3.63, 3.8) is 0 Å². The number of benzene rings is 1. The van der Waals surface area contributed by atoms with E-state index in [9.17, 15) is 4.79 Å². The molecule has 0 aliphatic rings. The minimum atomic E-state index is -0.132. The maximum Gasteiger partial charge on any atom is 0.298 e. The molecule has 0 aliphatic carbocycles. The molecule has 2 nitrogen and oxygen atoms in total. The predicted octanol–water partition coefficient (Wildman–Crippen LogP) is 0.534. The highest BCUT2D eigenvalue weighted by Gasteiger charge is 2.13. The van der Waals surface area contributed by atoms with Gasteiger partial charge >= 0.3 is 0 Å². The van der Waals surface area contributed by atoms with Crippen molar-refractivity contribution in [2.75, 3.05) is 7.11 Å². The van der Waals surface area contributed by atoms with Gasteiger partial charge < -0.3 is 4.74 Å². The summed E-state index contributed by atoms with van der Waals surface area (Å²) in [7, 11) is 1.43. The lowest BCUT2D eigenvalue weighted by Crippen LogP contribution is -2.13. The second-order valence-electron chi connectivity index (χ2n) is 2.66. The molecular weight excluding hydrogens is 167 g/mol. The number of methoxy groups -OCH3 is 1. The molecule has 0 fully saturated rings. The Morgan fingerprint density at radius 2 is 2.00 bits per heavy atom. The highest BCUT2D eigenvalue weighted by molar-refractivity contribution is 6.23. The van der Waals surface area contributed by atoms with Crippen LogP contribution in [0.15, 0.2) is 30.3 Å². The number of rotatable bonds is 2. The summed E-state index contributed by atoms with van der Waals surface area (Å²) in [4.78, 5) is 11.1. The Balaban J connectivity index is 2.78. The van der Waals surface area contributed by atoms with Crippen molar-refractivity contribution < 1.29 is 9.53 Å². The third kappa shape index (κ3) is 2.10. The molecule has 1 atom stereocenters. The van der Waals surface area contributed by atoms with E-state index in [1.54, 1.807) is 0 Å². The molecule has 1 rings (SSSR count). The largest absolute Gasteiger partial charge is 0.469 e. The van der Waals surface area contributed by atoms with Gasteiger partial charge in [-0.25, -0.2) is 0 Å². The van der Waals surface area contributed by atoms with Crippen LogP contribution in [0.2, 0.25) is 0 Å². The number of carbonyl (C=O) groups excluding carboxylic acids is 1. The summed E-state index contributed by atoms with van der Waals surface area (Å²) in [6.07, 6.45) is 0. The van der Waals surface area contributed by atoms with Gasteiger partial charge in [-0.05, 0) is 5.56 Å². The van der Waals surface area contributed by atoms with Crippen LogP contribution in [-0.4, -0.2) is 29.4 Å². The molecule has 1 aromatic carbocycles. The standard InChI is InChI=1S/C9H9O2.Al.2H/c1-11-9(10)7-8-5-3-2-4-6-8;;;/h2-7H,1H3;;;. The normalized spacial score (nSPS) is 12.1. The van der Waals surface area contributed by atoms with Crippen molar-refractivity contribution in [2.24, 2.45) is 0 Å². The van der Waals surface area contributed by atoms with Crippen LogP contribution in [0.25, 0.3) is 0 Å². The van der Waals surface area contributed by atoms with Gasteiger partial charge in [-0.1, -0.05) is 30.3 Å². The molecule has 0 bridgehead atoms. The Morgan fingerprint density at radius 3 is 2.50 bits per heavy atom. The summed E-state index contributed by atoms with van der Waals surface area (Å²) < 4.78 is 4.63. The molecule has 0 saturated carbocycles. The van der Waals surface area contributed by atoms with E-state index in [0.717, 1.165) is 21.9 Å². The van der Waals surface area contributed by atoms with Crippen LogP contribution in [0.3, 0.4) is 0 Å². The molecule has 0 saturated heterocycles. The molecule has 0 N–H and O–H groups in total. The molecule has 0 spiro atoms. The van der Waals surface area contributed by atoms with E-state index in [4.69, 9.17) is 0 Å². The van der Waals surface area contributed by atoms with Crippen LogP contribution < -0.4 is 0 Å². The molecule has 62 valence electrons. The van der Waals surface area contributed by atoms with Crippen molar-refractivity contribution in [3.8, 4) is 0 Å². The highest BCUT2D eigenvalue weighted by atomic mass is 27.0. The Morgan fingerprint density at radius 1 is 1.42 bits per heavy atom. The number of carbonyl (C=O) groups is 1. The minimum absolute atomic E-state index is 0.0313. The maximum absolute atomic E-state index is 11.1. The number of hydrogen-bond donors (Lipinski definition) is 0. The third-order valence-electron chi connectivity index (χ3n) is 1.85. The predicted molar refractivity (Wildman–Crippen MR) is 49.7 cm³/mol. The molecule has 12 heavy (non-hydrogen) atoms. The zero-order valence-corrected chi connectivity index (χ0v) is 9.28. The fourth-order valence-corrected chi connectivity index (χ4v) is 1.68. The van der Waals surface area contributed by atoms with Crippen LogP contribution in [0, 0.1) is 0 Å². The van der Waals surface area contributed by atoms with E-state index >= 15 is 0 Å². The quantitative estimate of drug-likeness (QED) is 0.488. The highest BCUT2D eigenvalue weighted by Crippen LogP contribution is 2.12. The van der Waals surface area contributed by atoms with Crippen LogP contribution >= 0.6 is 0 Å². The molecule has 0 aromatic heterocycles. The summed E-state index contributed by atoms with van der Waals surface area (Å²) in [5, 5.41) is 0. The van der Waals surface area contributed by atoms with Gasteiger partial charge in [-0.2, -0.15) is 0 Å². The molecule has 0 aliphatic heterocycles. The van der Waals surface area contributed by atoms with E-state index < -0.39 is 0 Å². The first-order chi connectivity index (χ1) is 5.75. The Bertz CT molecular complexity index is 258. The van der Waals surface area contributed by atoms with Crippen molar-refractivity contribution in [1.29, 1.82) is 0 Å². The average Bonchev–Trinajstić information content (AvgIpc) is 2.17. The van der Waals surface area contributed by atoms with Gasteiger partial charge in [0, 0.05) is 4.78 Å². The fourth-order valence-electron chi connectivity index (χ4n) is 1.05. The Kier molecular flexibility index (Phi) is 3.34. The molecule has 3 heteroatoms. The van der Waals surface area contributed by atoms with E-state index in [2.05, 4.69) is 4.74 Å². The van der Waals surface area contributed by atoms with Gasteiger partial charge in [0.1, 0.15) is 0 Å². The first-order valence-electron chi connectivity index (χ1n) is 3.88. The Labute approximate surface area is 80.0 Å². The van der Waals surface area contributed by atoms with E-state index in [-0.39, 0.29) is 10.7 Å². The zero-order chi connectivity index (χ0) is 8.97. The van der Waals surface area contributed by atoms with Crippen molar-refractivity contribution >= 4 is 22.3 Å². The second kappa shape index (κ2) is 4.30. The average molecular weight is 178 g/mol. The lowest BCUT2D eigenvalue weighted by molar-refractivity contribution is -0.140. The summed E-state index contributed by atoms with van der Waals surface area (Å²) in [6, 6.07) is 9.71. The SMILES string of the molecule is COC(=O)[C@@H]([AlH2])c1ccccc1. The summed E-state index contributed by atoms with van der Waals surface area (Å²) in [5.74, 6) is -0.132. The third-order valence-corrected chi connectivity index (χ3v) is 2.99. The molecule has 0 unspecified atom stereocenters. The van der Waals surface area contributed by atoms with Crippen molar-refractivity contribution in [2.45, 2.75) is 4.78 Å². The van der Waals surface area contributed by atoms with Crippen LogP contribution in [0.5, 0.6) is 0 Å². The first-order valence-corrected chi connectivity index (χ1v) is 5.04. The van der Waals surface area contributed by atoms with Gasteiger partial charge in [-0.3, -0.25) is 4.79 Å². The van der Waals surface area contributed by atoms with Gasteiger partial charge in [0.2, 0.25) is 16.3 Å². The van der Waals surface area contributed by atoms with Gasteiger partial charge in [0.15, 0.2) is 0 Å². The topological polar surface area (TPSA) is 26.3 Å². The molecule has 0 amide bonds. The van der Waals surface area contributed by atoms with Crippen molar-refractivity contribution in [3.05, 3.63) is 35.9 Å². The molecular formula is C9H11AlO2. The fraction of sp³-hybridized carbons (Fsp3) is 0.222. The van der Waals surface area contributed by atoms with Crippen LogP contribution in [0.4, 0.5) is 0 Å². The molecule has 1 aromatic rings. The smallest absolute Gasteiger partial charge is 0.298 e. The van der Waals surface area contributed by atoms with Crippen molar-refractivity contribution in [1.82, 2.24) is 0 Å². The van der Waals surface area contributed by atoms with Crippen LogP contribution in [-0.2, 0) is 9.53 Å². The monoisotopic (exact) mass is 178 g/mol. The molecule has 0 radical (unpaired) electrons. The van der Waals surface area contributed by atoms with E-state index in [0.29, 0.717) is 0 Å². The van der Waals surface area contributed by atoms with Gasteiger partial charge in [0.05, 0.1) is 7.11 Å². The summed E-state index contributed by atoms with van der Waals surface area (Å²) >= 11 is 0.796. The summed E-state index contributed by atoms with van der Waals surface area (Å²) in [5.41, 5.74) is 1.05. The van der Waals surface area contributed by atoms with E-state index in [1.165, 1.54) is 7.11 Å². The number of ether oxygens (including phenoxy) is 1. The second-order valence-corrected chi connectivity index (χ2v) is 3.81. The van der Waals surface area contributed by atoms with Gasteiger partial charge in [-0.15, -0.1) is 0 Å². The molecule has 0 heterocycles. The minimum Gasteiger partial charge on any atom is -0.469 e. The van der Waals surface area contributed by atoms with Crippen LogP contribution in [0.1, 0.15) is 10.3 Å². The summed E-state index contributed by atoms with van der Waals surface area (Å²) in [6.45, 7) is 0. The van der Waals surface area contributed by atoms with Gasteiger partial charge in [0.25, 0.3) is 5.97 Å². The number of esters is 1. The lowest BCUT2D eigenvalue weighted by Gasteiger charge is -2.08. The first kappa shape index (κ1) is 9.31. The lowest BCUT2D eigenvalue weighted by atomic mass is 10.1.